The fraction of sp³-hybridized carbons (Fsp3) is 0.552. The van der Waals surface area contributed by atoms with Crippen LogP contribution in [0.25, 0.3) is 10.9 Å². The minimum Gasteiger partial charge on any atom is -0.352 e. The van der Waals surface area contributed by atoms with Gasteiger partial charge in [-0.25, -0.2) is 15.0 Å². The van der Waals surface area contributed by atoms with Crippen LogP contribution in [0.5, 0.6) is 0 Å². The van der Waals surface area contributed by atoms with E-state index in [1.807, 2.05) is 23.8 Å². The molecule has 0 radical (unpaired) electrons. The number of ketones is 1. The maximum absolute atomic E-state index is 13.5. The molecule has 1 aliphatic carbocycles. The summed E-state index contributed by atoms with van der Waals surface area (Å²) in [6, 6.07) is 2.50. The Morgan fingerprint density at radius 3 is 2.37 bits per heavy atom. The first-order valence-corrected chi connectivity index (χ1v) is 13.7. The lowest BCUT2D eigenvalue weighted by Gasteiger charge is -2.49. The van der Waals surface area contributed by atoms with E-state index in [9.17, 15) is 9.59 Å². The van der Waals surface area contributed by atoms with E-state index in [2.05, 4.69) is 52.8 Å². The monoisotopic (exact) mass is 517 g/mol. The van der Waals surface area contributed by atoms with Gasteiger partial charge in [0.2, 0.25) is 0 Å². The summed E-state index contributed by atoms with van der Waals surface area (Å²) >= 11 is 0. The Hall–Kier alpha value is -3.33. The first kappa shape index (κ1) is 26.3. The van der Waals surface area contributed by atoms with E-state index in [1.165, 1.54) is 6.92 Å². The Balaban J connectivity index is 1.42. The molecule has 0 atom stereocenters. The minimum atomic E-state index is -0.201. The van der Waals surface area contributed by atoms with Crippen LogP contribution in [0, 0.1) is 6.92 Å². The molecular weight excluding hydrogens is 478 g/mol. The van der Waals surface area contributed by atoms with Crippen LogP contribution in [-0.2, 0) is 0 Å². The van der Waals surface area contributed by atoms with Crippen molar-refractivity contribution in [3.8, 4) is 0 Å². The number of carbonyl (C=O) groups is 1. The van der Waals surface area contributed by atoms with Crippen LogP contribution in [0.4, 0.5) is 17.5 Å². The first-order chi connectivity index (χ1) is 18.1. The van der Waals surface area contributed by atoms with Crippen molar-refractivity contribution in [2.24, 2.45) is 0 Å². The standard InChI is InChI=1S/C29H39N7O2/c1-18(2)35-12-11-34(17-29(35,5)6)26-16-31-25(15-32-26)33-24-13-23-22(14-30-24)19(3)27(20(4)37)28(38)36(23)21-9-7-8-10-21/h13-16,18,21H,7-12,17H2,1-6H3,(H,30,31,33). The predicted octanol–water partition coefficient (Wildman–Crippen LogP) is 4.87. The molecule has 3 aromatic heterocycles. The molecule has 9 heteroatoms. The van der Waals surface area contributed by atoms with Gasteiger partial charge in [-0.2, -0.15) is 0 Å². The summed E-state index contributed by atoms with van der Waals surface area (Å²) in [5, 5.41) is 4.10. The number of hydrogen-bond acceptors (Lipinski definition) is 8. The number of fused-ring (bicyclic) bond motifs is 1. The fourth-order valence-electron chi connectivity index (χ4n) is 6.47. The number of Topliss-reactive ketones (excluding diaryl/α,β-unsaturated/α-hetero) is 1. The molecule has 0 amide bonds. The number of hydrogen-bond donors (Lipinski definition) is 1. The van der Waals surface area contributed by atoms with Gasteiger partial charge in [-0.05, 0) is 59.9 Å². The van der Waals surface area contributed by atoms with Crippen molar-refractivity contribution in [1.29, 1.82) is 0 Å². The van der Waals surface area contributed by atoms with Gasteiger partial charge in [-0.15, -0.1) is 0 Å². The van der Waals surface area contributed by atoms with E-state index in [0.717, 1.165) is 62.0 Å². The predicted molar refractivity (Wildman–Crippen MR) is 152 cm³/mol. The van der Waals surface area contributed by atoms with Crippen LogP contribution in [0.2, 0.25) is 0 Å². The maximum Gasteiger partial charge on any atom is 0.262 e. The van der Waals surface area contributed by atoms with Crippen molar-refractivity contribution in [2.75, 3.05) is 29.9 Å². The Labute approximate surface area is 224 Å². The smallest absolute Gasteiger partial charge is 0.262 e. The van der Waals surface area contributed by atoms with Gasteiger partial charge < -0.3 is 14.8 Å². The van der Waals surface area contributed by atoms with Crippen molar-refractivity contribution in [3.05, 3.63) is 46.1 Å². The lowest BCUT2D eigenvalue weighted by atomic mass is 9.97. The molecule has 3 aromatic rings. The van der Waals surface area contributed by atoms with Crippen molar-refractivity contribution >= 4 is 34.1 Å². The number of nitrogens with one attached hydrogen (secondary N) is 1. The van der Waals surface area contributed by atoms with Gasteiger partial charge in [-0.1, -0.05) is 12.8 Å². The van der Waals surface area contributed by atoms with Crippen LogP contribution in [0.15, 0.2) is 29.5 Å². The minimum absolute atomic E-state index is 0.0511. The molecule has 5 rings (SSSR count). The summed E-state index contributed by atoms with van der Waals surface area (Å²) in [5.74, 6) is 1.84. The molecular formula is C29H39N7O2. The first-order valence-electron chi connectivity index (χ1n) is 13.7. The average molecular weight is 518 g/mol. The van der Waals surface area contributed by atoms with E-state index >= 15 is 0 Å². The molecule has 0 spiro atoms. The fourth-order valence-corrected chi connectivity index (χ4v) is 6.47. The molecule has 1 N–H and O–H groups in total. The molecule has 9 nitrogen and oxygen atoms in total. The van der Waals surface area contributed by atoms with Gasteiger partial charge in [0.25, 0.3) is 5.56 Å². The molecule has 1 aliphatic heterocycles. The average Bonchev–Trinajstić information content (AvgIpc) is 3.38. The number of anilines is 3. The third-order valence-electron chi connectivity index (χ3n) is 8.20. The van der Waals surface area contributed by atoms with Gasteiger partial charge in [0.15, 0.2) is 5.78 Å². The van der Waals surface area contributed by atoms with E-state index in [-0.39, 0.29) is 28.5 Å². The number of piperazine rings is 1. The van der Waals surface area contributed by atoms with Crippen molar-refractivity contribution in [3.63, 3.8) is 0 Å². The maximum atomic E-state index is 13.5. The summed E-state index contributed by atoms with van der Waals surface area (Å²) in [6.45, 7) is 15.1. The Kier molecular flexibility index (Phi) is 6.98. The number of carbonyl (C=O) groups excluding carboxylic acids is 1. The second-order valence-electron chi connectivity index (χ2n) is 11.7. The highest BCUT2D eigenvalue weighted by Gasteiger charge is 2.35. The highest BCUT2D eigenvalue weighted by atomic mass is 16.1. The van der Waals surface area contributed by atoms with Crippen molar-refractivity contribution in [1.82, 2.24) is 24.4 Å². The third-order valence-corrected chi connectivity index (χ3v) is 8.20. The lowest BCUT2D eigenvalue weighted by Crippen LogP contribution is -2.61. The molecule has 0 aromatic carbocycles. The molecule has 0 unspecified atom stereocenters. The zero-order valence-electron chi connectivity index (χ0n) is 23.4. The molecule has 0 bridgehead atoms. The lowest BCUT2D eigenvalue weighted by molar-refractivity contribution is 0.0713. The van der Waals surface area contributed by atoms with E-state index < -0.39 is 0 Å². The van der Waals surface area contributed by atoms with Crippen LogP contribution in [-0.4, -0.2) is 61.4 Å². The summed E-state index contributed by atoms with van der Waals surface area (Å²) in [7, 11) is 0. The Morgan fingerprint density at radius 1 is 1.05 bits per heavy atom. The second-order valence-corrected chi connectivity index (χ2v) is 11.7. The van der Waals surface area contributed by atoms with Crippen LogP contribution in [0.3, 0.4) is 0 Å². The quantitative estimate of drug-likeness (QED) is 0.463. The summed E-state index contributed by atoms with van der Waals surface area (Å²) < 4.78 is 1.83. The number of rotatable bonds is 6. The van der Waals surface area contributed by atoms with Gasteiger partial charge >= 0.3 is 0 Å². The summed E-state index contributed by atoms with van der Waals surface area (Å²) in [5.41, 5.74) is 1.62. The van der Waals surface area contributed by atoms with Crippen molar-refractivity contribution in [2.45, 2.75) is 84.8 Å². The molecule has 2 fully saturated rings. The number of pyridine rings is 2. The summed E-state index contributed by atoms with van der Waals surface area (Å²) in [6.07, 6.45) is 9.35. The van der Waals surface area contributed by atoms with Crippen LogP contribution < -0.4 is 15.8 Å². The molecule has 2 aliphatic rings. The highest BCUT2D eigenvalue weighted by molar-refractivity contribution is 6.00. The molecule has 38 heavy (non-hydrogen) atoms. The SMILES string of the molecule is CC(=O)c1c(C)c2cnc(Nc3cnc(N4CCN(C(C)C)C(C)(C)C4)cn3)cc2n(C2CCCC2)c1=O. The Bertz CT molecular complexity index is 1410. The van der Waals surface area contributed by atoms with Gasteiger partial charge in [0.1, 0.15) is 17.5 Å². The number of aromatic nitrogens is 4. The van der Waals surface area contributed by atoms with E-state index in [1.54, 1.807) is 12.4 Å². The topological polar surface area (TPSA) is 96.2 Å². The molecule has 202 valence electrons. The van der Waals surface area contributed by atoms with Gasteiger partial charge in [0.05, 0.1) is 23.5 Å². The van der Waals surface area contributed by atoms with E-state index in [4.69, 9.17) is 4.98 Å². The van der Waals surface area contributed by atoms with Crippen LogP contribution >= 0.6 is 0 Å². The highest BCUT2D eigenvalue weighted by Crippen LogP contribution is 2.33. The van der Waals surface area contributed by atoms with Crippen LogP contribution in [0.1, 0.15) is 82.3 Å². The Morgan fingerprint density at radius 2 is 1.76 bits per heavy atom. The van der Waals surface area contributed by atoms with Gasteiger partial charge in [0, 0.05) is 54.9 Å². The third kappa shape index (κ3) is 4.79. The molecule has 4 heterocycles. The molecule has 1 saturated carbocycles. The summed E-state index contributed by atoms with van der Waals surface area (Å²) in [4.78, 5) is 44.6. The molecule has 1 saturated heterocycles. The number of nitrogens with zero attached hydrogens (tertiary/aromatic N) is 6. The zero-order chi connectivity index (χ0) is 27.2. The van der Waals surface area contributed by atoms with E-state index in [0.29, 0.717) is 23.2 Å². The van der Waals surface area contributed by atoms with Gasteiger partial charge in [-0.3, -0.25) is 14.5 Å². The number of aryl methyl sites for hydroxylation is 1. The largest absolute Gasteiger partial charge is 0.352 e. The normalized spacial score (nSPS) is 18.4. The second kappa shape index (κ2) is 10.1. The van der Waals surface area contributed by atoms with Crippen molar-refractivity contribution < 1.29 is 4.79 Å². The zero-order valence-corrected chi connectivity index (χ0v) is 23.4.